The number of hydrogen-bond acceptors (Lipinski definition) is 6. The van der Waals surface area contributed by atoms with Gasteiger partial charge in [-0.15, -0.1) is 11.3 Å². The van der Waals surface area contributed by atoms with E-state index in [-0.39, 0.29) is 0 Å². The highest BCUT2D eigenvalue weighted by Crippen LogP contribution is 2.41. The Hall–Kier alpha value is -3.26. The van der Waals surface area contributed by atoms with Gasteiger partial charge in [0.1, 0.15) is 11.8 Å². The number of benzene rings is 2. The van der Waals surface area contributed by atoms with E-state index in [9.17, 15) is 5.26 Å². The number of aromatic nitrogens is 1. The van der Waals surface area contributed by atoms with Crippen molar-refractivity contribution in [2.75, 3.05) is 33.1 Å². The monoisotopic (exact) mass is 506 g/mol. The molecule has 2 aromatic heterocycles. The molecule has 4 aromatic rings. The van der Waals surface area contributed by atoms with Gasteiger partial charge in [0.2, 0.25) is 0 Å². The Kier molecular flexibility index (Phi) is 7.26. The van der Waals surface area contributed by atoms with Crippen molar-refractivity contribution in [1.29, 1.82) is 5.26 Å². The number of halogens is 2. The summed E-state index contributed by atoms with van der Waals surface area (Å²) in [6.45, 7) is 0.713. The van der Waals surface area contributed by atoms with E-state index in [0.29, 0.717) is 39.3 Å². The number of hydrogen-bond donors (Lipinski definition) is 1. The van der Waals surface area contributed by atoms with Gasteiger partial charge in [-0.1, -0.05) is 47.2 Å². The molecule has 2 heterocycles. The van der Waals surface area contributed by atoms with Crippen molar-refractivity contribution < 1.29 is 4.74 Å². The predicted octanol–water partition coefficient (Wildman–Crippen LogP) is 6.81. The van der Waals surface area contributed by atoms with Crippen LogP contribution in [-0.4, -0.2) is 37.6 Å². The highest BCUT2D eigenvalue weighted by atomic mass is 35.5. The molecular weight excluding hydrogens is 487 g/mol. The maximum Gasteiger partial charge on any atom is 0.139 e. The van der Waals surface area contributed by atoms with Crippen molar-refractivity contribution in [3.05, 3.63) is 69.8 Å². The Morgan fingerprint density at radius 1 is 1.12 bits per heavy atom. The maximum absolute atomic E-state index is 9.71. The van der Waals surface area contributed by atoms with Crippen LogP contribution >= 0.6 is 34.5 Å². The quantitative estimate of drug-likeness (QED) is 0.301. The average molecular weight is 507 g/mol. The van der Waals surface area contributed by atoms with E-state index < -0.39 is 0 Å². The molecule has 2 aromatic carbocycles. The second kappa shape index (κ2) is 10.3. The summed E-state index contributed by atoms with van der Waals surface area (Å²) in [5, 5.41) is 13.8. The lowest BCUT2D eigenvalue weighted by Gasteiger charge is -2.13. The van der Waals surface area contributed by atoms with Crippen LogP contribution in [0.15, 0.2) is 48.7 Å². The molecule has 5 nitrogen and oxygen atoms in total. The first-order valence-electron chi connectivity index (χ1n) is 10.3. The van der Waals surface area contributed by atoms with Gasteiger partial charge in [0, 0.05) is 22.7 Å². The number of ether oxygens (including phenoxy) is 1. The van der Waals surface area contributed by atoms with E-state index in [0.717, 1.165) is 26.2 Å². The molecule has 0 aliphatic rings. The van der Waals surface area contributed by atoms with Crippen LogP contribution in [0.4, 0.5) is 11.4 Å². The summed E-state index contributed by atoms with van der Waals surface area (Å²) >= 11 is 14.1. The van der Waals surface area contributed by atoms with Gasteiger partial charge in [0.25, 0.3) is 0 Å². The Balaban J connectivity index is 1.72. The van der Waals surface area contributed by atoms with Crippen molar-refractivity contribution in [2.24, 2.45) is 0 Å². The fourth-order valence-corrected chi connectivity index (χ4v) is 4.89. The smallest absolute Gasteiger partial charge is 0.139 e. The van der Waals surface area contributed by atoms with Crippen molar-refractivity contribution in [1.82, 2.24) is 9.88 Å². The fraction of sp³-hybridized carbons (Fsp3) is 0.154. The molecule has 0 aliphatic heterocycles. The van der Waals surface area contributed by atoms with Crippen LogP contribution in [0.2, 0.25) is 10.0 Å². The van der Waals surface area contributed by atoms with E-state index >= 15 is 0 Å². The zero-order chi connectivity index (χ0) is 24.2. The van der Waals surface area contributed by atoms with Gasteiger partial charge in [-0.2, -0.15) is 5.26 Å². The SMILES string of the molecule is COc1cc(Nc2c(C#N)cnc3cc(-c4ccc(C#CCN(C)C)cc4)sc23)c(Cl)cc1Cl. The first-order valence-corrected chi connectivity index (χ1v) is 11.8. The molecule has 8 heteroatoms. The molecule has 0 amide bonds. The van der Waals surface area contributed by atoms with E-state index in [1.807, 2.05) is 49.3 Å². The Morgan fingerprint density at radius 2 is 1.88 bits per heavy atom. The Morgan fingerprint density at radius 3 is 2.56 bits per heavy atom. The number of rotatable bonds is 5. The maximum atomic E-state index is 9.71. The molecule has 0 spiro atoms. The number of fused-ring (bicyclic) bond motifs is 1. The second-order valence-corrected chi connectivity index (χ2v) is 9.56. The number of thiophene rings is 1. The number of nitrogens with zero attached hydrogens (tertiary/aromatic N) is 3. The second-order valence-electron chi connectivity index (χ2n) is 7.69. The normalized spacial score (nSPS) is 10.6. The minimum absolute atomic E-state index is 0.409. The lowest BCUT2D eigenvalue weighted by atomic mass is 10.1. The van der Waals surface area contributed by atoms with Crippen LogP contribution in [0.5, 0.6) is 5.75 Å². The summed E-state index contributed by atoms with van der Waals surface area (Å²) in [6.07, 6.45) is 1.56. The number of nitriles is 1. The van der Waals surface area contributed by atoms with Crippen LogP contribution in [0.1, 0.15) is 11.1 Å². The predicted molar refractivity (Wildman–Crippen MR) is 141 cm³/mol. The van der Waals surface area contributed by atoms with Crippen LogP contribution < -0.4 is 10.1 Å². The highest BCUT2D eigenvalue weighted by molar-refractivity contribution is 7.22. The molecule has 0 saturated heterocycles. The highest BCUT2D eigenvalue weighted by Gasteiger charge is 2.16. The zero-order valence-corrected chi connectivity index (χ0v) is 21.1. The summed E-state index contributed by atoms with van der Waals surface area (Å²) in [4.78, 5) is 7.55. The standard InChI is InChI=1S/C26H20Cl2N4OS/c1-32(2)10-4-5-16-6-8-17(9-7-16)24-13-22-26(34-24)25(18(14-29)15-30-22)31-21-12-23(33-3)20(28)11-19(21)27/h6-9,11-13,15H,10H2,1-3H3,(H,30,31). The molecule has 0 bridgehead atoms. The first kappa shape index (κ1) is 23.9. The van der Waals surface area contributed by atoms with Crippen LogP contribution in [-0.2, 0) is 0 Å². The summed E-state index contributed by atoms with van der Waals surface area (Å²) < 4.78 is 6.17. The van der Waals surface area contributed by atoms with Gasteiger partial charge in [-0.05, 0) is 43.9 Å². The third kappa shape index (κ3) is 5.12. The molecule has 170 valence electrons. The van der Waals surface area contributed by atoms with E-state index in [1.54, 1.807) is 29.7 Å². The molecule has 0 fully saturated rings. The third-order valence-corrected chi connectivity index (χ3v) is 6.76. The van der Waals surface area contributed by atoms with E-state index in [1.165, 1.54) is 7.11 Å². The van der Waals surface area contributed by atoms with Crippen molar-refractivity contribution in [3.63, 3.8) is 0 Å². The Labute approximate surface area is 212 Å². The zero-order valence-electron chi connectivity index (χ0n) is 18.7. The van der Waals surface area contributed by atoms with E-state index in [4.69, 9.17) is 27.9 Å². The summed E-state index contributed by atoms with van der Waals surface area (Å²) in [6, 6.07) is 15.7. The molecule has 0 radical (unpaired) electrons. The third-order valence-electron chi connectivity index (χ3n) is 4.96. The molecule has 4 rings (SSSR count). The largest absolute Gasteiger partial charge is 0.495 e. The van der Waals surface area contributed by atoms with Crippen LogP contribution in [0, 0.1) is 23.2 Å². The lowest BCUT2D eigenvalue weighted by molar-refractivity contribution is 0.415. The topological polar surface area (TPSA) is 61.2 Å². The van der Waals surface area contributed by atoms with Crippen molar-refractivity contribution >= 4 is 56.1 Å². The molecule has 34 heavy (non-hydrogen) atoms. The summed E-state index contributed by atoms with van der Waals surface area (Å²) in [5.41, 5.74) is 4.44. The van der Waals surface area contributed by atoms with Crippen LogP contribution in [0.3, 0.4) is 0 Å². The van der Waals surface area contributed by atoms with Gasteiger partial charge in [0.15, 0.2) is 0 Å². The minimum Gasteiger partial charge on any atom is -0.495 e. The number of nitrogens with one attached hydrogen (secondary N) is 1. The molecule has 0 aliphatic carbocycles. The van der Waals surface area contributed by atoms with Crippen molar-refractivity contribution in [2.45, 2.75) is 0 Å². The summed E-state index contributed by atoms with van der Waals surface area (Å²) in [5.74, 6) is 6.80. The van der Waals surface area contributed by atoms with Gasteiger partial charge in [-0.3, -0.25) is 9.88 Å². The molecule has 1 N–H and O–H groups in total. The molecule has 0 unspecified atom stereocenters. The first-order chi connectivity index (χ1) is 16.4. The van der Waals surface area contributed by atoms with Crippen LogP contribution in [0.25, 0.3) is 20.7 Å². The number of methoxy groups -OCH3 is 1. The van der Waals surface area contributed by atoms with Gasteiger partial charge in [-0.25, -0.2) is 0 Å². The summed E-state index contributed by atoms with van der Waals surface area (Å²) in [7, 11) is 5.52. The average Bonchev–Trinajstić information content (AvgIpc) is 3.26. The van der Waals surface area contributed by atoms with Crippen molar-refractivity contribution in [3.8, 4) is 34.1 Å². The van der Waals surface area contributed by atoms with Gasteiger partial charge < -0.3 is 10.1 Å². The minimum atomic E-state index is 0.409. The number of anilines is 2. The Bertz CT molecular complexity index is 1460. The molecular formula is C26H20Cl2N4OS. The molecule has 0 atom stereocenters. The van der Waals surface area contributed by atoms with Gasteiger partial charge >= 0.3 is 0 Å². The molecule has 0 saturated carbocycles. The fourth-order valence-electron chi connectivity index (χ4n) is 3.26. The number of pyridine rings is 1. The van der Waals surface area contributed by atoms with Gasteiger partial charge in [0.05, 0.1) is 50.9 Å². The van der Waals surface area contributed by atoms with E-state index in [2.05, 4.69) is 28.2 Å². The lowest BCUT2D eigenvalue weighted by Crippen LogP contribution is -2.10.